The summed E-state index contributed by atoms with van der Waals surface area (Å²) in [6, 6.07) is 5.95. The maximum Gasteiger partial charge on any atom is 0.319 e. The molecule has 0 aliphatic rings. The van der Waals surface area contributed by atoms with Crippen LogP contribution in [0.4, 0.5) is 10.3 Å². The summed E-state index contributed by atoms with van der Waals surface area (Å²) < 4.78 is 18.6. The van der Waals surface area contributed by atoms with Crippen LogP contribution < -0.4 is 4.90 Å². The number of hydrogen-bond acceptors (Lipinski definition) is 9. The predicted octanol–water partition coefficient (Wildman–Crippen LogP) is 5.87. The van der Waals surface area contributed by atoms with Gasteiger partial charge in [-0.25, -0.2) is 24.3 Å². The second kappa shape index (κ2) is 11.8. The van der Waals surface area contributed by atoms with Crippen LogP contribution in [0.25, 0.3) is 11.5 Å². The van der Waals surface area contributed by atoms with E-state index in [1.165, 1.54) is 35.2 Å². The Morgan fingerprint density at radius 3 is 2.44 bits per heavy atom. The Morgan fingerprint density at radius 2 is 1.81 bits per heavy atom. The molecule has 0 spiro atoms. The molecular formula is C24H25ClFN5O3S2. The average molecular weight is 550 g/mol. The van der Waals surface area contributed by atoms with Crippen molar-refractivity contribution in [1.82, 2.24) is 19.9 Å². The van der Waals surface area contributed by atoms with Gasteiger partial charge >= 0.3 is 5.97 Å². The predicted molar refractivity (Wildman–Crippen MR) is 140 cm³/mol. The van der Waals surface area contributed by atoms with Gasteiger partial charge < -0.3 is 14.4 Å². The van der Waals surface area contributed by atoms with Crippen LogP contribution in [-0.2, 0) is 24.3 Å². The number of nitrogens with zero attached hydrogens (tertiary/aromatic N) is 5. The average Bonchev–Trinajstić information content (AvgIpc) is 3.48. The van der Waals surface area contributed by atoms with Crippen molar-refractivity contribution in [3.8, 4) is 11.5 Å². The molecule has 0 amide bonds. The summed E-state index contributed by atoms with van der Waals surface area (Å²) in [5.41, 5.74) is 3.13. The van der Waals surface area contributed by atoms with Crippen LogP contribution in [0.5, 0.6) is 0 Å². The van der Waals surface area contributed by atoms with Crippen LogP contribution >= 0.6 is 35.5 Å². The first-order chi connectivity index (χ1) is 16.7. The molecule has 0 aliphatic heterocycles. The van der Waals surface area contributed by atoms with Crippen LogP contribution in [0, 0.1) is 5.82 Å². The maximum absolute atomic E-state index is 13.3. The number of oxazole rings is 1. The van der Waals surface area contributed by atoms with E-state index in [0.29, 0.717) is 40.5 Å². The fraction of sp³-hybridized carbons (Fsp3) is 0.292. The third-order valence-corrected chi connectivity index (χ3v) is 7.29. The molecule has 0 unspecified atom stereocenters. The molecule has 36 heavy (non-hydrogen) atoms. The first-order valence-electron chi connectivity index (χ1n) is 10.9. The Labute approximate surface area is 222 Å². The monoisotopic (exact) mass is 549 g/mol. The minimum absolute atomic E-state index is 0. The highest BCUT2D eigenvalue weighted by atomic mass is 35.5. The molecule has 4 rings (SSSR count). The van der Waals surface area contributed by atoms with Crippen molar-refractivity contribution in [3.63, 3.8) is 0 Å². The molecule has 190 valence electrons. The van der Waals surface area contributed by atoms with Gasteiger partial charge in [0.25, 0.3) is 0 Å². The highest BCUT2D eigenvalue weighted by Gasteiger charge is 2.30. The van der Waals surface area contributed by atoms with Crippen molar-refractivity contribution in [2.75, 3.05) is 4.90 Å². The smallest absolute Gasteiger partial charge is 0.319 e. The van der Waals surface area contributed by atoms with E-state index in [1.807, 2.05) is 17.2 Å². The van der Waals surface area contributed by atoms with Crippen molar-refractivity contribution in [1.29, 1.82) is 0 Å². The van der Waals surface area contributed by atoms with E-state index >= 15 is 0 Å². The van der Waals surface area contributed by atoms with Gasteiger partial charge in [0, 0.05) is 23.3 Å². The number of carboxylic acids is 1. The van der Waals surface area contributed by atoms with E-state index in [0.717, 1.165) is 17.7 Å². The number of aromatic nitrogens is 4. The number of thiazole rings is 1. The molecule has 4 aromatic rings. The standard InChI is InChI=1S/C24H24FN5O3S2.ClH/c1-4-15-9-26-22(27-10-15)30(12-19-14-34-23(29-19)35-24(2,3)21(31)32)11-18-13-33-20(28-18)16-5-7-17(25)8-6-16;/h5-10,13-14H,4,11-12H2,1-3H3,(H,31,32);1H. The zero-order valence-electron chi connectivity index (χ0n) is 19.8. The lowest BCUT2D eigenvalue weighted by molar-refractivity contribution is -0.138. The summed E-state index contributed by atoms with van der Waals surface area (Å²) in [4.78, 5) is 31.6. The molecule has 0 atom stereocenters. The normalized spacial score (nSPS) is 11.2. The van der Waals surface area contributed by atoms with Crippen molar-refractivity contribution in [2.24, 2.45) is 0 Å². The minimum atomic E-state index is -0.981. The molecule has 0 saturated heterocycles. The van der Waals surface area contributed by atoms with Gasteiger partial charge in [-0.2, -0.15) is 0 Å². The third-order valence-electron chi connectivity index (χ3n) is 5.12. The van der Waals surface area contributed by atoms with Gasteiger partial charge in [0.2, 0.25) is 11.8 Å². The molecule has 1 N–H and O–H groups in total. The Balaban J connectivity index is 0.00000361. The van der Waals surface area contributed by atoms with E-state index in [4.69, 9.17) is 4.42 Å². The summed E-state index contributed by atoms with van der Waals surface area (Å²) in [5, 5.41) is 11.3. The van der Waals surface area contributed by atoms with Crippen molar-refractivity contribution in [3.05, 3.63) is 71.1 Å². The maximum atomic E-state index is 13.3. The first-order valence-corrected chi connectivity index (χ1v) is 12.6. The minimum Gasteiger partial charge on any atom is -0.480 e. The molecule has 3 aromatic heterocycles. The largest absolute Gasteiger partial charge is 0.480 e. The summed E-state index contributed by atoms with van der Waals surface area (Å²) in [6.07, 6.45) is 5.97. The SMILES string of the molecule is CCc1cnc(N(Cc2coc(-c3ccc(F)cc3)n2)Cc2csc(SC(C)(C)C(=O)O)n2)nc1.Cl. The van der Waals surface area contributed by atoms with Gasteiger partial charge in [-0.3, -0.25) is 4.79 Å². The number of aliphatic carboxylic acids is 1. The summed E-state index contributed by atoms with van der Waals surface area (Å²) in [6.45, 7) is 6.10. The summed E-state index contributed by atoms with van der Waals surface area (Å²) in [5.74, 6) is -0.313. The van der Waals surface area contributed by atoms with Crippen LogP contribution in [0.2, 0.25) is 0 Å². The van der Waals surface area contributed by atoms with Crippen LogP contribution in [0.1, 0.15) is 37.7 Å². The van der Waals surface area contributed by atoms with Gasteiger partial charge in [-0.05, 0) is 50.1 Å². The van der Waals surface area contributed by atoms with Gasteiger partial charge in [-0.1, -0.05) is 18.7 Å². The molecule has 12 heteroatoms. The number of hydrogen-bond donors (Lipinski definition) is 1. The van der Waals surface area contributed by atoms with Gasteiger partial charge in [0.1, 0.15) is 16.8 Å². The first kappa shape index (κ1) is 27.6. The van der Waals surface area contributed by atoms with E-state index in [2.05, 4.69) is 19.9 Å². The van der Waals surface area contributed by atoms with E-state index in [1.54, 1.807) is 44.6 Å². The highest BCUT2D eigenvalue weighted by molar-refractivity contribution is 8.03. The molecule has 0 bridgehead atoms. The molecule has 8 nitrogen and oxygen atoms in total. The molecule has 1 aromatic carbocycles. The van der Waals surface area contributed by atoms with E-state index in [9.17, 15) is 14.3 Å². The number of rotatable bonds is 10. The number of anilines is 1. The second-order valence-corrected chi connectivity index (χ2v) is 11.0. The zero-order chi connectivity index (χ0) is 25.0. The van der Waals surface area contributed by atoms with Gasteiger partial charge in [0.15, 0.2) is 4.34 Å². The number of halogens is 2. The lowest BCUT2D eigenvalue weighted by Gasteiger charge is -2.20. The number of carboxylic acid groups (broad SMARTS) is 1. The molecule has 0 fully saturated rings. The molecule has 0 saturated carbocycles. The Morgan fingerprint density at radius 1 is 1.14 bits per heavy atom. The van der Waals surface area contributed by atoms with Crippen molar-refractivity contribution in [2.45, 2.75) is 49.4 Å². The van der Waals surface area contributed by atoms with Gasteiger partial charge in [0.05, 0.1) is 24.5 Å². The van der Waals surface area contributed by atoms with Crippen LogP contribution in [0.15, 0.2) is 57.1 Å². The van der Waals surface area contributed by atoms with Crippen LogP contribution in [-0.4, -0.2) is 35.8 Å². The Kier molecular flexibility index (Phi) is 9.04. The number of aryl methyl sites for hydroxylation is 1. The molecule has 0 radical (unpaired) electrons. The summed E-state index contributed by atoms with van der Waals surface area (Å²) >= 11 is 2.61. The second-order valence-electron chi connectivity index (χ2n) is 8.27. The molecule has 0 aliphatic carbocycles. The molecular weight excluding hydrogens is 525 g/mol. The number of thioether (sulfide) groups is 1. The van der Waals surface area contributed by atoms with Crippen LogP contribution in [0.3, 0.4) is 0 Å². The van der Waals surface area contributed by atoms with Crippen molar-refractivity contribution >= 4 is 47.4 Å². The lowest BCUT2D eigenvalue weighted by Crippen LogP contribution is -2.27. The third kappa shape index (κ3) is 6.80. The van der Waals surface area contributed by atoms with E-state index in [-0.39, 0.29) is 18.2 Å². The topological polar surface area (TPSA) is 105 Å². The Bertz CT molecular complexity index is 1300. The van der Waals surface area contributed by atoms with Crippen molar-refractivity contribution < 1.29 is 18.7 Å². The lowest BCUT2D eigenvalue weighted by atomic mass is 10.2. The zero-order valence-corrected chi connectivity index (χ0v) is 22.3. The number of carbonyl (C=O) groups is 1. The fourth-order valence-electron chi connectivity index (χ4n) is 3.06. The highest BCUT2D eigenvalue weighted by Crippen LogP contribution is 2.35. The fourth-order valence-corrected chi connectivity index (χ4v) is 5.24. The number of benzene rings is 1. The Hall–Kier alpha value is -3.02. The molecule has 3 heterocycles. The van der Waals surface area contributed by atoms with Gasteiger partial charge in [-0.15, -0.1) is 23.7 Å². The summed E-state index contributed by atoms with van der Waals surface area (Å²) in [7, 11) is 0. The van der Waals surface area contributed by atoms with E-state index < -0.39 is 10.7 Å². The quantitative estimate of drug-likeness (QED) is 0.243.